The monoisotopic (exact) mass is 294 g/mol. The van der Waals surface area contributed by atoms with Gasteiger partial charge in [0.25, 0.3) is 0 Å². The summed E-state index contributed by atoms with van der Waals surface area (Å²) in [5, 5.41) is 0.333. The van der Waals surface area contributed by atoms with E-state index in [9.17, 15) is 4.79 Å². The van der Waals surface area contributed by atoms with Crippen molar-refractivity contribution in [2.45, 2.75) is 0 Å². The number of rotatable bonds is 3. The molecule has 2 heterocycles. The van der Waals surface area contributed by atoms with Gasteiger partial charge in [0.15, 0.2) is 0 Å². The summed E-state index contributed by atoms with van der Waals surface area (Å²) in [6, 6.07) is 1.67. The Labute approximate surface area is 122 Å². The van der Waals surface area contributed by atoms with Crippen LogP contribution >= 0.6 is 11.6 Å². The van der Waals surface area contributed by atoms with E-state index in [1.807, 2.05) is 24.2 Å². The molecule has 0 radical (unpaired) electrons. The van der Waals surface area contributed by atoms with Crippen LogP contribution in [0.1, 0.15) is 5.56 Å². The summed E-state index contributed by atoms with van der Waals surface area (Å²) in [6.07, 6.45) is 5.21. The molecule has 0 aliphatic carbocycles. The normalized spacial score (nSPS) is 14.5. The van der Waals surface area contributed by atoms with E-state index in [1.165, 1.54) is 13.3 Å². The minimum atomic E-state index is -0.390. The van der Waals surface area contributed by atoms with E-state index >= 15 is 0 Å². The first kappa shape index (κ1) is 14.4. The Bertz CT molecular complexity index is 596. The van der Waals surface area contributed by atoms with Crippen LogP contribution in [-0.2, 0) is 9.53 Å². The van der Waals surface area contributed by atoms with Crippen molar-refractivity contribution in [3.63, 3.8) is 0 Å². The second kappa shape index (κ2) is 5.96. The molecule has 20 heavy (non-hydrogen) atoms. The Morgan fingerprint density at radius 1 is 1.45 bits per heavy atom. The summed E-state index contributed by atoms with van der Waals surface area (Å²) < 4.78 is 10.1. The van der Waals surface area contributed by atoms with Gasteiger partial charge in [-0.25, -0.2) is 9.78 Å². The topological polar surface area (TPSA) is 51.7 Å². The number of carbonyl (C=O) groups is 1. The summed E-state index contributed by atoms with van der Waals surface area (Å²) in [6.45, 7) is 0.634. The van der Waals surface area contributed by atoms with E-state index in [4.69, 9.17) is 21.1 Å². The first-order valence-electron chi connectivity index (χ1n) is 5.97. The number of halogens is 1. The second-order valence-electron chi connectivity index (χ2n) is 4.30. The lowest BCUT2D eigenvalue weighted by Crippen LogP contribution is -2.20. The van der Waals surface area contributed by atoms with Crippen molar-refractivity contribution in [1.29, 1.82) is 0 Å². The number of likely N-dealkylation sites (N-methyl/N-ethyl adjacent to an activating group) is 1. The van der Waals surface area contributed by atoms with Gasteiger partial charge in [0, 0.05) is 30.9 Å². The quantitative estimate of drug-likeness (QED) is 0.631. The Balaban J connectivity index is 2.55. The van der Waals surface area contributed by atoms with Gasteiger partial charge in [-0.15, -0.1) is 0 Å². The predicted molar refractivity (Wildman–Crippen MR) is 76.5 cm³/mol. The van der Waals surface area contributed by atoms with Crippen molar-refractivity contribution >= 4 is 23.1 Å². The summed E-state index contributed by atoms with van der Waals surface area (Å²) in [7, 11) is 4.82. The van der Waals surface area contributed by atoms with Crippen molar-refractivity contribution < 1.29 is 14.3 Å². The molecule has 0 aromatic carbocycles. The molecule has 106 valence electrons. The average Bonchev–Trinajstić information content (AvgIpc) is 2.46. The molecule has 0 saturated carbocycles. The van der Waals surface area contributed by atoms with E-state index in [0.717, 1.165) is 0 Å². The highest BCUT2D eigenvalue weighted by molar-refractivity contribution is 6.29. The van der Waals surface area contributed by atoms with Gasteiger partial charge in [0.05, 0.1) is 26.0 Å². The number of pyridine rings is 1. The highest BCUT2D eigenvalue weighted by Crippen LogP contribution is 2.34. The third kappa shape index (κ3) is 2.77. The zero-order valence-corrected chi connectivity index (χ0v) is 12.3. The zero-order chi connectivity index (χ0) is 14.7. The molecule has 0 saturated heterocycles. The van der Waals surface area contributed by atoms with Gasteiger partial charge < -0.3 is 14.4 Å². The second-order valence-corrected chi connectivity index (χ2v) is 4.69. The fourth-order valence-corrected chi connectivity index (χ4v) is 2.15. The van der Waals surface area contributed by atoms with E-state index in [1.54, 1.807) is 13.2 Å². The third-order valence-electron chi connectivity index (χ3n) is 2.97. The molecule has 1 aliphatic heterocycles. The molecular weight excluding hydrogens is 280 g/mol. The molecule has 0 atom stereocenters. The minimum Gasteiger partial charge on any atom is -0.494 e. The van der Waals surface area contributed by atoms with Crippen LogP contribution in [0.15, 0.2) is 30.1 Å². The molecule has 0 bridgehead atoms. The molecule has 0 fully saturated rings. The van der Waals surface area contributed by atoms with E-state index in [-0.39, 0.29) is 5.97 Å². The maximum Gasteiger partial charge on any atom is 0.338 e. The lowest BCUT2D eigenvalue weighted by atomic mass is 9.96. The Morgan fingerprint density at radius 2 is 2.20 bits per heavy atom. The van der Waals surface area contributed by atoms with Crippen LogP contribution in [0, 0.1) is 0 Å². The highest BCUT2D eigenvalue weighted by atomic mass is 35.5. The van der Waals surface area contributed by atoms with Gasteiger partial charge in [-0.05, 0) is 6.07 Å². The molecule has 5 nitrogen and oxygen atoms in total. The number of nitrogens with zero attached hydrogens (tertiary/aromatic N) is 2. The number of aromatic nitrogens is 1. The fraction of sp³-hybridized carbons (Fsp3) is 0.286. The Kier molecular flexibility index (Phi) is 4.29. The van der Waals surface area contributed by atoms with Gasteiger partial charge >= 0.3 is 5.97 Å². The van der Waals surface area contributed by atoms with E-state index < -0.39 is 0 Å². The molecule has 0 unspecified atom stereocenters. The Hall–Kier alpha value is -2.01. The number of methoxy groups -OCH3 is 2. The van der Waals surface area contributed by atoms with Gasteiger partial charge in [0.2, 0.25) is 0 Å². The predicted octanol–water partition coefficient (Wildman–Crippen LogP) is 2.13. The molecule has 1 aliphatic rings. The molecule has 1 aromatic rings. The molecule has 0 spiro atoms. The molecule has 0 N–H and O–H groups in total. The fourth-order valence-electron chi connectivity index (χ4n) is 2.00. The highest BCUT2D eigenvalue weighted by Gasteiger charge is 2.23. The summed E-state index contributed by atoms with van der Waals surface area (Å²) in [5.41, 5.74) is 1.90. The molecule has 0 amide bonds. The summed E-state index contributed by atoms with van der Waals surface area (Å²) >= 11 is 5.95. The molecule has 1 aromatic heterocycles. The van der Waals surface area contributed by atoms with Crippen LogP contribution in [0.2, 0.25) is 5.15 Å². The maximum absolute atomic E-state index is 11.9. The zero-order valence-electron chi connectivity index (χ0n) is 11.5. The SMILES string of the molecule is COC(=O)C1=CCN(C)C=C1c1cc(Cl)ncc1OC. The van der Waals surface area contributed by atoms with E-state index in [2.05, 4.69) is 4.98 Å². The smallest absolute Gasteiger partial charge is 0.338 e. The van der Waals surface area contributed by atoms with E-state index in [0.29, 0.717) is 34.2 Å². The number of esters is 1. The van der Waals surface area contributed by atoms with Crippen molar-refractivity contribution in [2.75, 3.05) is 27.8 Å². The van der Waals surface area contributed by atoms with Crippen molar-refractivity contribution in [3.05, 3.63) is 40.8 Å². The first-order valence-corrected chi connectivity index (χ1v) is 6.35. The number of hydrogen-bond acceptors (Lipinski definition) is 5. The van der Waals surface area contributed by atoms with Gasteiger partial charge in [-0.2, -0.15) is 0 Å². The lowest BCUT2D eigenvalue weighted by Gasteiger charge is -2.23. The number of hydrogen-bond donors (Lipinski definition) is 0. The van der Waals surface area contributed by atoms with Crippen molar-refractivity contribution in [2.24, 2.45) is 0 Å². The molecular formula is C14H15ClN2O3. The minimum absolute atomic E-state index is 0.333. The van der Waals surface area contributed by atoms with Crippen LogP contribution in [0.3, 0.4) is 0 Å². The first-order chi connectivity index (χ1) is 9.56. The lowest BCUT2D eigenvalue weighted by molar-refractivity contribution is -0.135. The van der Waals surface area contributed by atoms with Crippen LogP contribution in [0.4, 0.5) is 0 Å². The maximum atomic E-state index is 11.9. The Morgan fingerprint density at radius 3 is 2.85 bits per heavy atom. The molecule has 6 heteroatoms. The van der Waals surface area contributed by atoms with Gasteiger partial charge in [-0.3, -0.25) is 0 Å². The van der Waals surface area contributed by atoms with Crippen LogP contribution in [0.25, 0.3) is 5.57 Å². The molecule has 2 rings (SSSR count). The third-order valence-corrected chi connectivity index (χ3v) is 3.18. The van der Waals surface area contributed by atoms with Gasteiger partial charge in [0.1, 0.15) is 10.9 Å². The van der Waals surface area contributed by atoms with Crippen molar-refractivity contribution in [1.82, 2.24) is 9.88 Å². The standard InChI is InChI=1S/C14H15ClN2O3/c1-17-5-4-9(14(18)20-3)11(8-17)10-6-13(15)16-7-12(10)19-2/h4,6-8H,5H2,1-3H3. The van der Waals surface area contributed by atoms with Crippen molar-refractivity contribution in [3.8, 4) is 5.75 Å². The van der Waals surface area contributed by atoms with Gasteiger partial charge in [-0.1, -0.05) is 17.7 Å². The summed E-state index contributed by atoms with van der Waals surface area (Å²) in [4.78, 5) is 17.8. The number of carbonyl (C=O) groups excluding carboxylic acids is 1. The largest absolute Gasteiger partial charge is 0.494 e. The van der Waals surface area contributed by atoms with Crippen LogP contribution in [0.5, 0.6) is 5.75 Å². The summed E-state index contributed by atoms with van der Waals surface area (Å²) in [5.74, 6) is 0.157. The number of ether oxygens (including phenoxy) is 2. The average molecular weight is 295 g/mol. The van der Waals surface area contributed by atoms with Crippen LogP contribution in [-0.4, -0.2) is 43.7 Å². The van der Waals surface area contributed by atoms with Crippen LogP contribution < -0.4 is 4.74 Å².